The summed E-state index contributed by atoms with van der Waals surface area (Å²) in [5.41, 5.74) is 2.82. The molecule has 1 heterocycles. The van der Waals surface area contributed by atoms with Crippen LogP contribution in [0, 0.1) is 0 Å². The first-order chi connectivity index (χ1) is 8.91. The molecule has 3 heteroatoms. The number of benzene rings is 1. The standard InChI is InChI=1S/C16H21NO2/c1-11(18)6-4-5-7-12-8-9-14-13(10-12)16(2,3)15(19)17-14/h8-10H,4-7H2,1-3H3,(H,17,19). The van der Waals surface area contributed by atoms with Crippen molar-refractivity contribution in [2.75, 3.05) is 5.32 Å². The second-order valence-electron chi connectivity index (χ2n) is 5.87. The number of unbranched alkanes of at least 4 members (excludes halogenated alkanes) is 1. The highest BCUT2D eigenvalue weighted by molar-refractivity contribution is 6.05. The van der Waals surface area contributed by atoms with Gasteiger partial charge in [0.1, 0.15) is 5.78 Å². The van der Waals surface area contributed by atoms with Crippen molar-refractivity contribution in [2.24, 2.45) is 0 Å². The van der Waals surface area contributed by atoms with Crippen molar-refractivity contribution in [3.8, 4) is 0 Å². The second-order valence-corrected chi connectivity index (χ2v) is 5.87. The van der Waals surface area contributed by atoms with E-state index in [0.29, 0.717) is 6.42 Å². The molecule has 19 heavy (non-hydrogen) atoms. The Morgan fingerprint density at radius 3 is 2.68 bits per heavy atom. The molecule has 1 aliphatic heterocycles. The van der Waals surface area contributed by atoms with Gasteiger partial charge in [0.25, 0.3) is 0 Å². The summed E-state index contributed by atoms with van der Waals surface area (Å²) in [6.45, 7) is 5.54. The maximum Gasteiger partial charge on any atom is 0.234 e. The molecule has 0 saturated heterocycles. The molecule has 1 amide bonds. The van der Waals surface area contributed by atoms with Gasteiger partial charge in [0.15, 0.2) is 0 Å². The molecule has 2 rings (SSSR count). The van der Waals surface area contributed by atoms with Crippen LogP contribution in [0.5, 0.6) is 0 Å². The SMILES string of the molecule is CC(=O)CCCCc1ccc2c(c1)C(C)(C)C(=O)N2. The lowest BCUT2D eigenvalue weighted by Crippen LogP contribution is -2.26. The Hall–Kier alpha value is -1.64. The Morgan fingerprint density at radius 1 is 1.26 bits per heavy atom. The number of nitrogens with one attached hydrogen (secondary N) is 1. The summed E-state index contributed by atoms with van der Waals surface area (Å²) in [5, 5.41) is 2.91. The van der Waals surface area contributed by atoms with E-state index in [4.69, 9.17) is 0 Å². The van der Waals surface area contributed by atoms with Crippen LogP contribution in [0.3, 0.4) is 0 Å². The molecular formula is C16H21NO2. The van der Waals surface area contributed by atoms with Gasteiger partial charge in [0.2, 0.25) is 5.91 Å². The predicted molar refractivity (Wildman–Crippen MR) is 76.3 cm³/mol. The molecule has 0 aliphatic carbocycles. The number of anilines is 1. The molecule has 3 nitrogen and oxygen atoms in total. The summed E-state index contributed by atoms with van der Waals surface area (Å²) in [6, 6.07) is 6.18. The minimum atomic E-state index is -0.440. The fraction of sp³-hybridized carbons (Fsp3) is 0.500. The largest absolute Gasteiger partial charge is 0.325 e. The Kier molecular flexibility index (Phi) is 3.74. The Morgan fingerprint density at radius 2 is 2.00 bits per heavy atom. The van der Waals surface area contributed by atoms with Crippen LogP contribution in [-0.2, 0) is 21.4 Å². The van der Waals surface area contributed by atoms with Gasteiger partial charge in [-0.25, -0.2) is 0 Å². The second kappa shape index (κ2) is 5.16. The van der Waals surface area contributed by atoms with E-state index in [9.17, 15) is 9.59 Å². The van der Waals surface area contributed by atoms with Crippen molar-refractivity contribution in [3.63, 3.8) is 0 Å². The fourth-order valence-electron chi connectivity index (χ4n) is 2.48. The third-order valence-corrected chi connectivity index (χ3v) is 3.82. The topological polar surface area (TPSA) is 46.2 Å². The van der Waals surface area contributed by atoms with E-state index in [-0.39, 0.29) is 11.7 Å². The molecule has 0 spiro atoms. The number of aryl methyl sites for hydroxylation is 1. The van der Waals surface area contributed by atoms with E-state index in [2.05, 4.69) is 17.4 Å². The van der Waals surface area contributed by atoms with Crippen molar-refractivity contribution in [1.82, 2.24) is 0 Å². The molecule has 0 radical (unpaired) electrons. The summed E-state index contributed by atoms with van der Waals surface area (Å²) in [4.78, 5) is 22.7. The van der Waals surface area contributed by atoms with Crippen LogP contribution in [0.1, 0.15) is 51.2 Å². The summed E-state index contributed by atoms with van der Waals surface area (Å²) in [7, 11) is 0. The normalized spacial score (nSPS) is 16.1. The summed E-state index contributed by atoms with van der Waals surface area (Å²) in [5.74, 6) is 0.320. The molecule has 0 atom stereocenters. The van der Waals surface area contributed by atoms with Crippen molar-refractivity contribution < 1.29 is 9.59 Å². The van der Waals surface area contributed by atoms with E-state index in [1.165, 1.54) is 5.56 Å². The maximum absolute atomic E-state index is 11.9. The van der Waals surface area contributed by atoms with Gasteiger partial charge in [-0.1, -0.05) is 12.1 Å². The highest BCUT2D eigenvalue weighted by Crippen LogP contribution is 2.37. The van der Waals surface area contributed by atoms with Crippen LogP contribution >= 0.6 is 0 Å². The van der Waals surface area contributed by atoms with E-state index in [1.54, 1.807) is 6.92 Å². The summed E-state index contributed by atoms with van der Waals surface area (Å²) in [6.07, 6.45) is 3.58. The molecular weight excluding hydrogens is 238 g/mol. The van der Waals surface area contributed by atoms with Crippen LogP contribution < -0.4 is 5.32 Å². The van der Waals surface area contributed by atoms with Gasteiger partial charge >= 0.3 is 0 Å². The van der Waals surface area contributed by atoms with Gasteiger partial charge in [0.05, 0.1) is 5.41 Å². The predicted octanol–water partition coefficient (Wildman–Crippen LogP) is 3.22. The highest BCUT2D eigenvalue weighted by atomic mass is 16.2. The van der Waals surface area contributed by atoms with Crippen LogP contribution in [-0.4, -0.2) is 11.7 Å². The number of carbonyl (C=O) groups is 2. The van der Waals surface area contributed by atoms with Gasteiger partial charge in [-0.15, -0.1) is 0 Å². The number of carbonyl (C=O) groups excluding carboxylic acids is 2. The lowest BCUT2D eigenvalue weighted by Gasteiger charge is -2.15. The van der Waals surface area contributed by atoms with Crippen LogP contribution in [0.15, 0.2) is 18.2 Å². The molecule has 0 bridgehead atoms. The summed E-state index contributed by atoms with van der Waals surface area (Å²) < 4.78 is 0. The number of ketones is 1. The maximum atomic E-state index is 11.9. The quantitative estimate of drug-likeness (QED) is 0.825. The Balaban J connectivity index is 2.04. The number of rotatable bonds is 5. The number of fused-ring (bicyclic) bond motifs is 1. The number of hydrogen-bond acceptors (Lipinski definition) is 2. The molecule has 0 fully saturated rings. The number of amides is 1. The van der Waals surface area contributed by atoms with E-state index in [1.807, 2.05) is 19.9 Å². The van der Waals surface area contributed by atoms with Crippen LogP contribution in [0.25, 0.3) is 0 Å². The zero-order valence-electron chi connectivity index (χ0n) is 11.9. The zero-order chi connectivity index (χ0) is 14.0. The first-order valence-corrected chi connectivity index (χ1v) is 6.85. The molecule has 1 N–H and O–H groups in total. The van der Waals surface area contributed by atoms with Crippen molar-refractivity contribution in [3.05, 3.63) is 29.3 Å². The van der Waals surface area contributed by atoms with Gasteiger partial charge in [0, 0.05) is 12.1 Å². The third kappa shape index (κ3) is 2.86. The zero-order valence-corrected chi connectivity index (χ0v) is 11.9. The first-order valence-electron chi connectivity index (χ1n) is 6.85. The summed E-state index contributed by atoms with van der Waals surface area (Å²) >= 11 is 0. The van der Waals surface area contributed by atoms with Crippen molar-refractivity contribution in [2.45, 2.75) is 51.9 Å². The van der Waals surface area contributed by atoms with Gasteiger partial charge in [-0.3, -0.25) is 4.79 Å². The highest BCUT2D eigenvalue weighted by Gasteiger charge is 2.38. The van der Waals surface area contributed by atoms with Crippen LogP contribution in [0.4, 0.5) is 5.69 Å². The smallest absolute Gasteiger partial charge is 0.234 e. The van der Waals surface area contributed by atoms with E-state index >= 15 is 0 Å². The molecule has 1 aromatic carbocycles. The molecule has 0 saturated carbocycles. The van der Waals surface area contributed by atoms with Gasteiger partial charge in [-0.05, 0) is 57.2 Å². The lowest BCUT2D eigenvalue weighted by molar-refractivity contribution is -0.119. The van der Waals surface area contributed by atoms with Gasteiger partial charge in [-0.2, -0.15) is 0 Å². The van der Waals surface area contributed by atoms with Crippen LogP contribution in [0.2, 0.25) is 0 Å². The third-order valence-electron chi connectivity index (χ3n) is 3.82. The number of hydrogen-bond donors (Lipinski definition) is 1. The lowest BCUT2D eigenvalue weighted by atomic mass is 9.85. The molecule has 0 unspecified atom stereocenters. The van der Waals surface area contributed by atoms with Gasteiger partial charge < -0.3 is 10.1 Å². The van der Waals surface area contributed by atoms with E-state index < -0.39 is 5.41 Å². The fourth-order valence-corrected chi connectivity index (χ4v) is 2.48. The Labute approximate surface area is 114 Å². The molecule has 102 valence electrons. The van der Waals surface area contributed by atoms with Crippen molar-refractivity contribution >= 4 is 17.4 Å². The van der Waals surface area contributed by atoms with E-state index in [0.717, 1.165) is 30.5 Å². The average Bonchev–Trinajstić information content (AvgIpc) is 2.56. The molecule has 0 aromatic heterocycles. The number of Topliss-reactive ketones (excluding diaryl/α,β-unsaturated/α-hetero) is 1. The average molecular weight is 259 g/mol. The Bertz CT molecular complexity index is 517. The minimum absolute atomic E-state index is 0.0660. The molecule has 1 aliphatic rings. The van der Waals surface area contributed by atoms with Crippen molar-refractivity contribution in [1.29, 1.82) is 0 Å². The molecule has 1 aromatic rings. The monoisotopic (exact) mass is 259 g/mol. The first kappa shape index (κ1) is 13.8. The minimum Gasteiger partial charge on any atom is -0.325 e.